The molecule has 1 saturated heterocycles. The number of benzene rings is 1. The molecule has 5 heteroatoms. The minimum absolute atomic E-state index is 0.0198. The van der Waals surface area contributed by atoms with Crippen LogP contribution in [0.3, 0.4) is 0 Å². The second-order valence-electron chi connectivity index (χ2n) is 6.24. The first kappa shape index (κ1) is 18.0. The summed E-state index contributed by atoms with van der Waals surface area (Å²) in [5.74, 6) is -0.251. The number of hydrogen-bond acceptors (Lipinski definition) is 4. The van der Waals surface area contributed by atoms with Crippen molar-refractivity contribution in [2.24, 2.45) is 0 Å². The van der Waals surface area contributed by atoms with E-state index in [9.17, 15) is 10.1 Å². The molecule has 1 heterocycles. The van der Waals surface area contributed by atoms with Gasteiger partial charge in [0.05, 0.1) is 12.2 Å². The van der Waals surface area contributed by atoms with Crippen molar-refractivity contribution in [2.45, 2.75) is 46.3 Å². The van der Waals surface area contributed by atoms with Gasteiger partial charge in [-0.05, 0) is 38.3 Å². The monoisotopic (exact) mass is 327 g/mol. The molecule has 0 aliphatic carbocycles. The molecule has 0 saturated carbocycles. The van der Waals surface area contributed by atoms with Crippen molar-refractivity contribution in [2.75, 3.05) is 18.4 Å². The van der Waals surface area contributed by atoms with Crippen molar-refractivity contribution < 1.29 is 9.53 Å². The molecule has 2 unspecified atom stereocenters. The fourth-order valence-corrected chi connectivity index (χ4v) is 3.03. The number of aryl methyl sites for hydroxylation is 2. The average molecular weight is 327 g/mol. The number of anilines is 1. The van der Waals surface area contributed by atoms with Crippen LogP contribution in [-0.2, 0) is 16.0 Å². The first-order valence-corrected chi connectivity index (χ1v) is 8.36. The van der Waals surface area contributed by atoms with E-state index in [1.165, 1.54) is 6.20 Å². The van der Waals surface area contributed by atoms with Gasteiger partial charge < -0.3 is 15.0 Å². The van der Waals surface area contributed by atoms with Gasteiger partial charge in [-0.15, -0.1) is 0 Å². The average Bonchev–Trinajstić information content (AvgIpc) is 2.55. The molecule has 1 amide bonds. The van der Waals surface area contributed by atoms with Gasteiger partial charge in [-0.3, -0.25) is 4.79 Å². The van der Waals surface area contributed by atoms with Crippen molar-refractivity contribution in [1.29, 1.82) is 5.26 Å². The zero-order chi connectivity index (χ0) is 17.7. The third-order valence-electron chi connectivity index (χ3n) is 4.16. The van der Waals surface area contributed by atoms with E-state index >= 15 is 0 Å². The molecule has 1 aromatic rings. The Hall–Kier alpha value is -2.32. The molecule has 5 nitrogen and oxygen atoms in total. The summed E-state index contributed by atoms with van der Waals surface area (Å²) in [7, 11) is 0. The van der Waals surface area contributed by atoms with Gasteiger partial charge in [0, 0.05) is 25.0 Å². The fraction of sp³-hybridized carbons (Fsp3) is 0.474. The first-order chi connectivity index (χ1) is 11.5. The summed E-state index contributed by atoms with van der Waals surface area (Å²) in [5.41, 5.74) is 3.32. The highest BCUT2D eigenvalue weighted by Gasteiger charge is 2.27. The normalized spacial score (nSPS) is 21.3. The molecule has 1 N–H and O–H groups in total. The Morgan fingerprint density at radius 1 is 1.42 bits per heavy atom. The molecule has 0 bridgehead atoms. The fourth-order valence-electron chi connectivity index (χ4n) is 3.03. The van der Waals surface area contributed by atoms with E-state index < -0.39 is 0 Å². The molecule has 0 radical (unpaired) electrons. The summed E-state index contributed by atoms with van der Waals surface area (Å²) in [5, 5.41) is 12.6. The summed E-state index contributed by atoms with van der Waals surface area (Å²) < 4.78 is 5.64. The Kier molecular flexibility index (Phi) is 5.99. The Morgan fingerprint density at radius 3 is 2.67 bits per heavy atom. The second-order valence-corrected chi connectivity index (χ2v) is 6.24. The van der Waals surface area contributed by atoms with Crippen LogP contribution in [0.15, 0.2) is 30.0 Å². The lowest BCUT2D eigenvalue weighted by molar-refractivity contribution is -0.138. The number of morpholine rings is 1. The molecule has 2 atom stereocenters. The second kappa shape index (κ2) is 7.98. The number of nitriles is 1. The Morgan fingerprint density at radius 2 is 2.08 bits per heavy atom. The largest absolute Gasteiger partial charge is 0.372 e. The van der Waals surface area contributed by atoms with E-state index in [4.69, 9.17) is 4.74 Å². The highest BCUT2D eigenvalue weighted by atomic mass is 16.5. The van der Waals surface area contributed by atoms with Gasteiger partial charge in [0.25, 0.3) is 5.91 Å². The van der Waals surface area contributed by atoms with Crippen LogP contribution in [-0.4, -0.2) is 36.1 Å². The summed E-state index contributed by atoms with van der Waals surface area (Å²) in [4.78, 5) is 14.3. The van der Waals surface area contributed by atoms with Crippen LogP contribution < -0.4 is 5.32 Å². The Bertz CT molecular complexity index is 666. The predicted octanol–water partition coefficient (Wildman–Crippen LogP) is 3.01. The van der Waals surface area contributed by atoms with Crippen LogP contribution >= 0.6 is 0 Å². The molecule has 2 rings (SSSR count). The minimum atomic E-state index is -0.251. The maximum atomic E-state index is 12.6. The van der Waals surface area contributed by atoms with E-state index in [1.807, 2.05) is 45.0 Å². The van der Waals surface area contributed by atoms with E-state index in [0.717, 1.165) is 23.2 Å². The minimum Gasteiger partial charge on any atom is -0.372 e. The zero-order valence-corrected chi connectivity index (χ0v) is 14.8. The van der Waals surface area contributed by atoms with Gasteiger partial charge in [-0.25, -0.2) is 0 Å². The number of nitrogens with zero attached hydrogens (tertiary/aromatic N) is 2. The molecule has 1 aliphatic heterocycles. The SMILES string of the molecule is CCc1cccc(C)c1N/C=C(/C#N)C(=O)N1CC(C)OC(C)C1. The van der Waals surface area contributed by atoms with Crippen LogP contribution in [0.1, 0.15) is 31.9 Å². The van der Waals surface area contributed by atoms with E-state index in [2.05, 4.69) is 12.2 Å². The van der Waals surface area contributed by atoms with Crippen LogP contribution in [0.2, 0.25) is 0 Å². The molecule has 128 valence electrons. The van der Waals surface area contributed by atoms with Crippen LogP contribution in [0.4, 0.5) is 5.69 Å². The first-order valence-electron chi connectivity index (χ1n) is 8.36. The van der Waals surface area contributed by atoms with Gasteiger partial charge in [0.15, 0.2) is 0 Å². The maximum Gasteiger partial charge on any atom is 0.266 e. The van der Waals surface area contributed by atoms with Gasteiger partial charge in [-0.2, -0.15) is 5.26 Å². The number of amides is 1. The quantitative estimate of drug-likeness (QED) is 0.682. The third-order valence-corrected chi connectivity index (χ3v) is 4.16. The maximum absolute atomic E-state index is 12.6. The number of carbonyl (C=O) groups is 1. The van der Waals surface area contributed by atoms with Gasteiger partial charge >= 0.3 is 0 Å². The molecule has 24 heavy (non-hydrogen) atoms. The number of carbonyl (C=O) groups excluding carboxylic acids is 1. The van der Waals surface area contributed by atoms with Crippen molar-refractivity contribution in [3.63, 3.8) is 0 Å². The van der Waals surface area contributed by atoms with Gasteiger partial charge in [-0.1, -0.05) is 25.1 Å². The number of nitrogens with one attached hydrogen (secondary N) is 1. The standard InChI is InChI=1S/C19H25N3O2/c1-5-16-8-6-7-13(2)18(16)21-10-17(9-20)19(23)22-11-14(3)24-15(4)12-22/h6-8,10,14-15,21H,5,11-12H2,1-4H3/b17-10-. The molecule has 1 aliphatic rings. The highest BCUT2D eigenvalue weighted by molar-refractivity contribution is 5.97. The topological polar surface area (TPSA) is 65.4 Å². The molecule has 0 aromatic heterocycles. The lowest BCUT2D eigenvalue weighted by atomic mass is 10.1. The summed E-state index contributed by atoms with van der Waals surface area (Å²) in [6.45, 7) is 8.97. The predicted molar refractivity (Wildman–Crippen MR) is 94.5 cm³/mol. The molecule has 1 fully saturated rings. The Balaban J connectivity index is 2.18. The zero-order valence-electron chi connectivity index (χ0n) is 14.8. The van der Waals surface area contributed by atoms with E-state index in [0.29, 0.717) is 13.1 Å². The third kappa shape index (κ3) is 4.15. The number of rotatable bonds is 4. The number of para-hydroxylation sites is 1. The van der Waals surface area contributed by atoms with Crippen molar-refractivity contribution in [1.82, 2.24) is 4.90 Å². The molecule has 0 spiro atoms. The Labute approximate surface area is 143 Å². The smallest absolute Gasteiger partial charge is 0.266 e. The van der Waals surface area contributed by atoms with Gasteiger partial charge in [0.1, 0.15) is 11.6 Å². The molecule has 1 aromatic carbocycles. The summed E-state index contributed by atoms with van der Waals surface area (Å²) >= 11 is 0. The van der Waals surface area contributed by atoms with Crippen molar-refractivity contribution >= 4 is 11.6 Å². The number of ether oxygens (including phenoxy) is 1. The molecular formula is C19H25N3O2. The summed E-state index contributed by atoms with van der Waals surface area (Å²) in [6, 6.07) is 8.08. The number of hydrogen-bond donors (Lipinski definition) is 1. The van der Waals surface area contributed by atoms with Crippen molar-refractivity contribution in [3.05, 3.63) is 41.1 Å². The lowest BCUT2D eigenvalue weighted by Crippen LogP contribution is -2.48. The van der Waals surface area contributed by atoms with Crippen LogP contribution in [0.25, 0.3) is 0 Å². The van der Waals surface area contributed by atoms with Gasteiger partial charge in [0.2, 0.25) is 0 Å². The lowest BCUT2D eigenvalue weighted by Gasteiger charge is -2.35. The molecular weight excluding hydrogens is 302 g/mol. The van der Waals surface area contributed by atoms with Crippen LogP contribution in [0.5, 0.6) is 0 Å². The van der Waals surface area contributed by atoms with Crippen LogP contribution in [0, 0.1) is 18.3 Å². The van der Waals surface area contributed by atoms with E-state index in [1.54, 1.807) is 4.90 Å². The van der Waals surface area contributed by atoms with Crippen molar-refractivity contribution in [3.8, 4) is 6.07 Å². The highest BCUT2D eigenvalue weighted by Crippen LogP contribution is 2.21. The summed E-state index contributed by atoms with van der Waals surface area (Å²) in [6.07, 6.45) is 2.36. The van der Waals surface area contributed by atoms with E-state index in [-0.39, 0.29) is 23.7 Å².